The maximum atomic E-state index is 13.2. The fourth-order valence-electron chi connectivity index (χ4n) is 3.74. The largest absolute Gasteiger partial charge is 0.378 e. The number of para-hydroxylation sites is 1. The Hall–Kier alpha value is -2.60. The molecule has 0 radical (unpaired) electrons. The molecule has 1 heterocycles. The average molecular weight is 451 g/mol. The van der Waals surface area contributed by atoms with Crippen molar-refractivity contribution in [3.63, 3.8) is 0 Å². The summed E-state index contributed by atoms with van der Waals surface area (Å²) < 4.78 is 0. The Bertz CT molecular complexity index is 899. The van der Waals surface area contributed by atoms with E-state index in [0.29, 0.717) is 11.1 Å². The molecule has 5 nitrogen and oxygen atoms in total. The first-order valence-corrected chi connectivity index (χ1v) is 12.7. The number of thioether (sulfide) groups is 1. The number of anilines is 1. The second-order valence-electron chi connectivity index (χ2n) is 8.02. The minimum atomic E-state index is -0.597. The molecule has 1 amide bonds. The van der Waals surface area contributed by atoms with Gasteiger partial charge in [0.15, 0.2) is 11.2 Å². The van der Waals surface area contributed by atoms with Crippen LogP contribution in [0.1, 0.15) is 69.9 Å². The lowest BCUT2D eigenvalue weighted by molar-refractivity contribution is -0.118. The number of amidine groups is 1. The van der Waals surface area contributed by atoms with E-state index in [1.807, 2.05) is 60.7 Å². The summed E-state index contributed by atoms with van der Waals surface area (Å²) in [5, 5.41) is 0.453. The zero-order valence-electron chi connectivity index (χ0n) is 19.0. The maximum absolute atomic E-state index is 13.2. The van der Waals surface area contributed by atoms with Gasteiger partial charge in [0.05, 0.1) is 5.69 Å². The molecule has 0 aromatic heterocycles. The summed E-state index contributed by atoms with van der Waals surface area (Å²) in [6.07, 6.45) is 10.3. The summed E-state index contributed by atoms with van der Waals surface area (Å²) in [4.78, 5) is 24.0. The van der Waals surface area contributed by atoms with Crippen molar-refractivity contribution in [2.75, 3.05) is 10.7 Å². The number of carbonyl (C=O) groups excluding carboxylic acids is 1. The molecule has 0 bridgehead atoms. The Morgan fingerprint density at radius 3 is 2.19 bits per heavy atom. The van der Waals surface area contributed by atoms with E-state index in [1.54, 1.807) is 4.90 Å². The van der Waals surface area contributed by atoms with Gasteiger partial charge in [-0.05, 0) is 24.1 Å². The predicted molar refractivity (Wildman–Crippen MR) is 137 cm³/mol. The molecule has 1 aliphatic rings. The van der Waals surface area contributed by atoms with Crippen molar-refractivity contribution in [1.82, 2.24) is 0 Å². The first-order valence-electron chi connectivity index (χ1n) is 11.7. The number of benzene rings is 2. The molecule has 0 saturated carbocycles. The van der Waals surface area contributed by atoms with Gasteiger partial charge in [-0.2, -0.15) is 4.99 Å². The van der Waals surface area contributed by atoms with E-state index in [1.165, 1.54) is 56.7 Å². The number of hydrogen-bond acceptors (Lipinski definition) is 4. The van der Waals surface area contributed by atoms with E-state index in [0.717, 1.165) is 23.4 Å². The monoisotopic (exact) mass is 450 g/mol. The predicted octanol–water partition coefficient (Wildman–Crippen LogP) is 6.32. The molecule has 0 saturated heterocycles. The van der Waals surface area contributed by atoms with Crippen LogP contribution in [0.2, 0.25) is 0 Å². The van der Waals surface area contributed by atoms with Gasteiger partial charge >= 0.3 is 0 Å². The average Bonchev–Trinajstić information content (AvgIpc) is 3.14. The minimum absolute atomic E-state index is 0.109. The van der Waals surface area contributed by atoms with Crippen LogP contribution < -0.4 is 10.6 Å². The molecule has 170 valence electrons. The number of nitrogens with two attached hydrogens (primary N) is 1. The SMILES string of the molecule is CCCCCCCCCCS/C(N)=N/C1=NC(c2ccccc2)C(=O)N1c1ccccc1. The van der Waals surface area contributed by atoms with Crippen LogP contribution in [0.15, 0.2) is 70.6 Å². The molecule has 0 fully saturated rings. The molecular weight excluding hydrogens is 416 g/mol. The van der Waals surface area contributed by atoms with Crippen molar-refractivity contribution < 1.29 is 4.79 Å². The van der Waals surface area contributed by atoms with Gasteiger partial charge in [-0.15, -0.1) is 0 Å². The van der Waals surface area contributed by atoms with Crippen molar-refractivity contribution in [3.8, 4) is 0 Å². The van der Waals surface area contributed by atoms with E-state index in [4.69, 9.17) is 5.73 Å². The summed E-state index contributed by atoms with van der Waals surface area (Å²) in [5.41, 5.74) is 7.82. The molecule has 2 aromatic carbocycles. The van der Waals surface area contributed by atoms with Gasteiger partial charge in [-0.1, -0.05) is 112 Å². The maximum Gasteiger partial charge on any atom is 0.263 e. The molecule has 32 heavy (non-hydrogen) atoms. The third-order valence-electron chi connectivity index (χ3n) is 5.49. The third-order valence-corrected chi connectivity index (χ3v) is 6.37. The topological polar surface area (TPSA) is 71.0 Å². The van der Waals surface area contributed by atoms with Crippen molar-refractivity contribution in [2.45, 2.75) is 64.3 Å². The van der Waals surface area contributed by atoms with Crippen LogP contribution in [0.3, 0.4) is 0 Å². The summed E-state index contributed by atoms with van der Waals surface area (Å²) in [6.45, 7) is 2.25. The van der Waals surface area contributed by atoms with Crippen molar-refractivity contribution in [2.24, 2.45) is 15.7 Å². The van der Waals surface area contributed by atoms with Gasteiger partial charge < -0.3 is 5.73 Å². The molecule has 3 rings (SSSR count). The van der Waals surface area contributed by atoms with Gasteiger partial charge in [-0.3, -0.25) is 4.79 Å². The van der Waals surface area contributed by atoms with Crippen molar-refractivity contribution in [3.05, 3.63) is 66.2 Å². The second-order valence-corrected chi connectivity index (χ2v) is 9.14. The summed E-state index contributed by atoms with van der Waals surface area (Å²) >= 11 is 1.54. The van der Waals surface area contributed by atoms with Crippen LogP contribution in [0, 0.1) is 0 Å². The minimum Gasteiger partial charge on any atom is -0.378 e. The lowest BCUT2D eigenvalue weighted by atomic mass is 10.1. The lowest BCUT2D eigenvalue weighted by Gasteiger charge is -2.17. The van der Waals surface area contributed by atoms with Crippen LogP contribution in [0.5, 0.6) is 0 Å². The highest BCUT2D eigenvalue weighted by molar-refractivity contribution is 8.13. The molecule has 0 spiro atoms. The molecule has 1 unspecified atom stereocenters. The molecule has 6 heteroatoms. The van der Waals surface area contributed by atoms with Gasteiger partial charge in [0.25, 0.3) is 5.91 Å². The van der Waals surface area contributed by atoms with E-state index in [2.05, 4.69) is 16.9 Å². The van der Waals surface area contributed by atoms with Gasteiger partial charge in [0.2, 0.25) is 5.96 Å². The van der Waals surface area contributed by atoms with Crippen LogP contribution in [-0.4, -0.2) is 22.8 Å². The fourth-order valence-corrected chi connectivity index (χ4v) is 4.45. The Morgan fingerprint density at radius 1 is 0.938 bits per heavy atom. The van der Waals surface area contributed by atoms with E-state index >= 15 is 0 Å². The van der Waals surface area contributed by atoms with Crippen LogP contribution in [0.4, 0.5) is 5.69 Å². The number of rotatable bonds is 11. The van der Waals surface area contributed by atoms with Crippen molar-refractivity contribution >= 4 is 34.5 Å². The standard InChI is InChI=1S/C26H34N4OS/c1-2-3-4-5-6-7-8-15-20-32-25(27)29-26-28-23(21-16-11-9-12-17-21)24(31)30(26)22-18-13-10-14-19-22/h9-14,16-19,23H,2-8,15,20H2,1H3,(H2,27,28,29). The molecular formula is C26H34N4OS. The number of carbonyl (C=O) groups is 1. The lowest BCUT2D eigenvalue weighted by Crippen LogP contribution is -2.33. The number of amides is 1. The van der Waals surface area contributed by atoms with E-state index in [9.17, 15) is 4.79 Å². The van der Waals surface area contributed by atoms with Crippen LogP contribution in [-0.2, 0) is 4.79 Å². The Kier molecular flexibility index (Phi) is 9.82. The highest BCUT2D eigenvalue weighted by Gasteiger charge is 2.36. The summed E-state index contributed by atoms with van der Waals surface area (Å²) in [5.74, 6) is 1.18. The summed E-state index contributed by atoms with van der Waals surface area (Å²) in [7, 11) is 0. The Balaban J connectivity index is 1.60. The highest BCUT2D eigenvalue weighted by atomic mass is 32.2. The Labute approximate surface area is 196 Å². The number of guanidine groups is 1. The molecule has 2 aromatic rings. The molecule has 2 N–H and O–H groups in total. The molecule has 1 atom stereocenters. The highest BCUT2D eigenvalue weighted by Crippen LogP contribution is 2.31. The van der Waals surface area contributed by atoms with Gasteiger partial charge in [0.1, 0.15) is 0 Å². The smallest absolute Gasteiger partial charge is 0.263 e. The first-order chi connectivity index (χ1) is 15.7. The van der Waals surface area contributed by atoms with Crippen LogP contribution in [0.25, 0.3) is 0 Å². The number of hydrogen-bond donors (Lipinski definition) is 1. The normalized spacial score (nSPS) is 16.5. The van der Waals surface area contributed by atoms with Crippen LogP contribution >= 0.6 is 11.8 Å². The van der Waals surface area contributed by atoms with E-state index < -0.39 is 6.04 Å². The molecule has 0 aliphatic carbocycles. The van der Waals surface area contributed by atoms with Gasteiger partial charge in [-0.25, -0.2) is 9.89 Å². The van der Waals surface area contributed by atoms with E-state index in [-0.39, 0.29) is 5.91 Å². The number of aliphatic imine (C=N–C) groups is 2. The number of unbranched alkanes of at least 4 members (excludes halogenated alkanes) is 7. The zero-order valence-corrected chi connectivity index (χ0v) is 19.8. The zero-order chi connectivity index (χ0) is 22.6. The number of nitrogens with zero attached hydrogens (tertiary/aromatic N) is 3. The molecule has 1 aliphatic heterocycles. The van der Waals surface area contributed by atoms with Gasteiger partial charge in [0, 0.05) is 5.75 Å². The third kappa shape index (κ3) is 6.95. The quantitative estimate of drug-likeness (QED) is 0.247. The summed E-state index contributed by atoms with van der Waals surface area (Å²) in [6, 6.07) is 18.5. The second kappa shape index (κ2) is 13.1. The first kappa shape index (κ1) is 24.1. The fraction of sp³-hybridized carbons (Fsp3) is 0.423. The Morgan fingerprint density at radius 2 is 1.53 bits per heavy atom. The van der Waals surface area contributed by atoms with Crippen molar-refractivity contribution in [1.29, 1.82) is 0 Å².